The average Bonchev–Trinajstić information content (AvgIpc) is 3.16. The topological polar surface area (TPSA) is 118 Å². The van der Waals surface area contributed by atoms with Gasteiger partial charge in [-0.3, -0.25) is 9.59 Å². The molecule has 0 radical (unpaired) electrons. The highest BCUT2D eigenvalue weighted by atomic mass is 16.5. The molecule has 0 aromatic carbocycles. The number of fused-ring (bicyclic) bond motifs is 2. The number of carbonyl (C=O) groups is 4. The van der Waals surface area contributed by atoms with Crippen LogP contribution in [0.25, 0.3) is 0 Å². The quantitative estimate of drug-likeness (QED) is 0.399. The number of rotatable bonds is 6. The third kappa shape index (κ3) is 4.35. The van der Waals surface area contributed by atoms with E-state index in [0.717, 1.165) is 24.0 Å². The van der Waals surface area contributed by atoms with E-state index in [1.807, 2.05) is 6.92 Å². The van der Waals surface area contributed by atoms with Crippen molar-refractivity contribution in [3.05, 3.63) is 47.1 Å². The van der Waals surface area contributed by atoms with Crippen LogP contribution in [0.2, 0.25) is 0 Å². The van der Waals surface area contributed by atoms with Gasteiger partial charge in [0, 0.05) is 28.6 Å². The van der Waals surface area contributed by atoms with E-state index in [1.165, 1.54) is 13.0 Å². The van der Waals surface area contributed by atoms with Crippen molar-refractivity contribution < 1.29 is 34.1 Å². The van der Waals surface area contributed by atoms with Crippen molar-refractivity contribution in [2.24, 2.45) is 29.1 Å². The summed E-state index contributed by atoms with van der Waals surface area (Å²) in [6.45, 7) is 14.9. The molecule has 0 aromatic rings. The smallest absolute Gasteiger partial charge is 0.334 e. The first-order chi connectivity index (χ1) is 17.2. The van der Waals surface area contributed by atoms with Crippen molar-refractivity contribution in [2.75, 3.05) is 0 Å². The number of esters is 1. The Balaban J connectivity index is 1.55. The molecule has 0 spiro atoms. The molecular weight excluding hydrogens is 472 g/mol. The van der Waals surface area contributed by atoms with E-state index in [1.54, 1.807) is 6.92 Å². The van der Waals surface area contributed by atoms with Crippen molar-refractivity contribution in [3.8, 4) is 0 Å². The molecule has 4 rings (SSSR count). The number of aliphatic hydroxyl groups is 1. The van der Waals surface area contributed by atoms with Crippen LogP contribution >= 0.6 is 0 Å². The number of allylic oxidation sites excluding steroid dienone is 2. The number of ether oxygens (including phenoxy) is 1. The van der Waals surface area contributed by atoms with Crippen molar-refractivity contribution in [3.63, 3.8) is 0 Å². The van der Waals surface area contributed by atoms with Crippen LogP contribution < -0.4 is 0 Å². The molecule has 0 aliphatic heterocycles. The van der Waals surface area contributed by atoms with E-state index in [2.05, 4.69) is 20.1 Å². The van der Waals surface area contributed by atoms with Gasteiger partial charge in [-0.1, -0.05) is 32.6 Å². The molecule has 0 aromatic heterocycles. The zero-order valence-electron chi connectivity index (χ0n) is 22.3. The molecule has 0 saturated heterocycles. The van der Waals surface area contributed by atoms with Crippen molar-refractivity contribution in [2.45, 2.75) is 84.3 Å². The fourth-order valence-corrected chi connectivity index (χ4v) is 7.16. The summed E-state index contributed by atoms with van der Waals surface area (Å²) in [5, 5.41) is 21.2. The number of carbonyl (C=O) groups excluding carboxylic acids is 3. The van der Waals surface area contributed by atoms with Crippen LogP contribution in [0.15, 0.2) is 47.1 Å². The van der Waals surface area contributed by atoms with Gasteiger partial charge in [-0.15, -0.1) is 0 Å². The first-order valence-corrected chi connectivity index (χ1v) is 13.2. The predicted molar refractivity (Wildman–Crippen MR) is 137 cm³/mol. The minimum absolute atomic E-state index is 0.00286. The van der Waals surface area contributed by atoms with Crippen LogP contribution in [0.1, 0.15) is 72.6 Å². The van der Waals surface area contributed by atoms with Gasteiger partial charge in [-0.25, -0.2) is 9.59 Å². The Bertz CT molecular complexity index is 1160. The molecule has 0 bridgehead atoms. The van der Waals surface area contributed by atoms with Crippen LogP contribution in [-0.4, -0.2) is 45.4 Å². The number of aliphatic carboxylic acids is 1. The molecule has 2 fully saturated rings. The maximum atomic E-state index is 13.4. The summed E-state index contributed by atoms with van der Waals surface area (Å²) in [5.41, 5.74) is -0.181. The Hall–Kier alpha value is -2.80. The number of hydrogen-bond acceptors (Lipinski definition) is 6. The summed E-state index contributed by atoms with van der Waals surface area (Å²) < 4.78 is 5.97. The summed E-state index contributed by atoms with van der Waals surface area (Å²) in [6.07, 6.45) is 4.32. The Morgan fingerprint density at radius 2 is 1.76 bits per heavy atom. The van der Waals surface area contributed by atoms with Crippen LogP contribution in [-0.2, 0) is 23.9 Å². The fraction of sp³-hybridized carbons (Fsp3) is 0.600. The van der Waals surface area contributed by atoms with Gasteiger partial charge in [-0.05, 0) is 87.7 Å². The second kappa shape index (κ2) is 9.50. The van der Waals surface area contributed by atoms with E-state index in [4.69, 9.17) is 4.74 Å². The largest absolute Gasteiger partial charge is 0.478 e. The molecule has 0 unspecified atom stereocenters. The normalized spacial score (nSPS) is 37.3. The number of carboxylic acids is 1. The third-order valence-corrected chi connectivity index (χ3v) is 9.90. The Morgan fingerprint density at radius 3 is 2.38 bits per heavy atom. The molecule has 4 aliphatic carbocycles. The minimum Gasteiger partial charge on any atom is -0.478 e. The number of carboxylic acid groups (broad SMARTS) is 1. The molecular formula is C30H38O7. The first kappa shape index (κ1) is 27.2. The van der Waals surface area contributed by atoms with Gasteiger partial charge in [0.25, 0.3) is 0 Å². The monoisotopic (exact) mass is 510 g/mol. The molecule has 7 nitrogen and oxygen atoms in total. The lowest BCUT2D eigenvalue weighted by molar-refractivity contribution is -0.163. The summed E-state index contributed by atoms with van der Waals surface area (Å²) in [4.78, 5) is 49.8. The highest BCUT2D eigenvalue weighted by Gasteiger charge is 2.63. The number of ketones is 2. The van der Waals surface area contributed by atoms with Crippen LogP contribution in [0.4, 0.5) is 0 Å². The summed E-state index contributed by atoms with van der Waals surface area (Å²) in [7, 11) is 0. The molecule has 200 valence electrons. The van der Waals surface area contributed by atoms with Gasteiger partial charge in [0.15, 0.2) is 11.6 Å². The van der Waals surface area contributed by atoms with E-state index in [0.29, 0.717) is 37.2 Å². The SMILES string of the molecule is C=C(C(=O)O)[C@@H]1CC[C@@]2(C)[C@@H](OC(=O)C(=C)[C@@H]3CC[C@H](C)[C@@H]4CC(=O)C(C)=C4C3)C=C(C(C)=O)[C@@]2(O)C1. The maximum Gasteiger partial charge on any atom is 0.334 e. The molecule has 0 heterocycles. The second-order valence-electron chi connectivity index (χ2n) is 11.9. The molecule has 37 heavy (non-hydrogen) atoms. The van der Waals surface area contributed by atoms with Crippen molar-refractivity contribution >= 4 is 23.5 Å². The van der Waals surface area contributed by atoms with Gasteiger partial charge in [-0.2, -0.15) is 0 Å². The highest BCUT2D eigenvalue weighted by molar-refractivity contribution is 5.99. The molecule has 7 heteroatoms. The lowest BCUT2D eigenvalue weighted by Gasteiger charge is -2.49. The Labute approximate surface area is 218 Å². The predicted octanol–water partition coefficient (Wildman–Crippen LogP) is 4.50. The van der Waals surface area contributed by atoms with Crippen LogP contribution in [0.3, 0.4) is 0 Å². The summed E-state index contributed by atoms with van der Waals surface area (Å²) >= 11 is 0. The standard InChI is InChI=1S/C30H38O7/c1-15-7-8-20(11-23-18(4)25(32)12-22(15)23)17(3)28(35)37-26-13-24(19(5)31)30(36)14-21(16(2)27(33)34)9-10-29(26,30)6/h13,15,20-22,26,36H,2-3,7-12,14H2,1,4-6H3,(H,33,34)/t15-,20+,21+,22-,26-,29-,30-/m0/s1. The molecule has 2 saturated carbocycles. The van der Waals surface area contributed by atoms with E-state index in [9.17, 15) is 29.4 Å². The van der Waals surface area contributed by atoms with Gasteiger partial charge in [0.1, 0.15) is 11.7 Å². The molecule has 2 N–H and O–H groups in total. The summed E-state index contributed by atoms with van der Waals surface area (Å²) in [5.74, 6) is -1.91. The number of hydrogen-bond donors (Lipinski definition) is 2. The van der Waals surface area contributed by atoms with Crippen molar-refractivity contribution in [1.29, 1.82) is 0 Å². The lowest BCUT2D eigenvalue weighted by Crippen LogP contribution is -2.55. The van der Waals surface area contributed by atoms with Crippen LogP contribution in [0, 0.1) is 29.1 Å². The fourth-order valence-electron chi connectivity index (χ4n) is 7.16. The average molecular weight is 511 g/mol. The van der Waals surface area contributed by atoms with E-state index in [-0.39, 0.29) is 41.0 Å². The molecule has 0 amide bonds. The molecule has 7 atom stereocenters. The van der Waals surface area contributed by atoms with Gasteiger partial charge >= 0.3 is 11.9 Å². The zero-order chi connectivity index (χ0) is 27.4. The minimum atomic E-state index is -1.64. The van der Waals surface area contributed by atoms with Gasteiger partial charge < -0.3 is 14.9 Å². The lowest BCUT2D eigenvalue weighted by atomic mass is 9.59. The maximum absolute atomic E-state index is 13.4. The van der Waals surface area contributed by atoms with Crippen LogP contribution in [0.5, 0.6) is 0 Å². The second-order valence-corrected chi connectivity index (χ2v) is 11.9. The Kier molecular flexibility index (Phi) is 6.99. The Morgan fingerprint density at radius 1 is 1.08 bits per heavy atom. The van der Waals surface area contributed by atoms with Crippen molar-refractivity contribution in [1.82, 2.24) is 0 Å². The van der Waals surface area contributed by atoms with Gasteiger partial charge in [0.2, 0.25) is 0 Å². The summed E-state index contributed by atoms with van der Waals surface area (Å²) in [6, 6.07) is 0. The molecule has 4 aliphatic rings. The zero-order valence-corrected chi connectivity index (χ0v) is 22.3. The highest BCUT2D eigenvalue weighted by Crippen LogP contribution is 2.58. The van der Waals surface area contributed by atoms with Gasteiger partial charge in [0.05, 0.1) is 0 Å². The first-order valence-electron chi connectivity index (χ1n) is 13.2. The van der Waals surface area contributed by atoms with E-state index >= 15 is 0 Å². The third-order valence-electron chi connectivity index (χ3n) is 9.90. The number of Topliss-reactive ketones (excluding diaryl/α,β-unsaturated/α-hetero) is 2. The van der Waals surface area contributed by atoms with E-state index < -0.39 is 35.0 Å².